The smallest absolute Gasteiger partial charge is 0.326 e. The Balaban J connectivity index is 4.12. The van der Waals surface area contributed by atoms with Crippen molar-refractivity contribution in [3.63, 3.8) is 0 Å². The second-order valence-corrected chi connectivity index (χ2v) is 3.10. The maximum atomic E-state index is 11.1. The Bertz CT molecular complexity index is 267. The van der Waals surface area contributed by atoms with Crippen molar-refractivity contribution in [2.75, 3.05) is 20.7 Å². The third-order valence-corrected chi connectivity index (χ3v) is 1.84. The van der Waals surface area contributed by atoms with Crippen LogP contribution < -0.4 is 10.6 Å². The van der Waals surface area contributed by atoms with Crippen molar-refractivity contribution in [3.8, 4) is 0 Å². The van der Waals surface area contributed by atoms with E-state index in [0.29, 0.717) is 0 Å². The van der Waals surface area contributed by atoms with Crippen molar-refractivity contribution < 1.29 is 24.2 Å². The Morgan fingerprint density at radius 3 is 2.44 bits per heavy atom. The van der Waals surface area contributed by atoms with Crippen molar-refractivity contribution in [1.82, 2.24) is 10.6 Å². The van der Waals surface area contributed by atoms with E-state index in [4.69, 9.17) is 5.11 Å². The minimum atomic E-state index is -1.17. The number of nitrogens with one attached hydrogen (secondary N) is 2. The molecule has 0 aliphatic rings. The van der Waals surface area contributed by atoms with E-state index in [2.05, 4.69) is 15.4 Å². The molecule has 16 heavy (non-hydrogen) atoms. The van der Waals surface area contributed by atoms with Crippen LogP contribution in [-0.4, -0.2) is 49.7 Å². The summed E-state index contributed by atoms with van der Waals surface area (Å²) in [4.78, 5) is 32.7. The third kappa shape index (κ3) is 5.97. The van der Waals surface area contributed by atoms with Crippen LogP contribution in [0.4, 0.5) is 0 Å². The van der Waals surface area contributed by atoms with Gasteiger partial charge < -0.3 is 20.5 Å². The van der Waals surface area contributed by atoms with E-state index in [0.717, 1.165) is 0 Å². The summed E-state index contributed by atoms with van der Waals surface area (Å²) in [6.07, 6.45) is -0.0369. The molecule has 0 aliphatic carbocycles. The summed E-state index contributed by atoms with van der Waals surface area (Å²) in [6.45, 7) is 0.0298. The average Bonchev–Trinajstić information content (AvgIpc) is 2.23. The van der Waals surface area contributed by atoms with Gasteiger partial charge in [0.05, 0.1) is 13.7 Å². The van der Waals surface area contributed by atoms with Crippen LogP contribution in [0, 0.1) is 0 Å². The number of carboxylic acids is 1. The van der Waals surface area contributed by atoms with E-state index < -0.39 is 23.9 Å². The molecular weight excluding hydrogens is 216 g/mol. The van der Waals surface area contributed by atoms with Gasteiger partial charge in [-0.1, -0.05) is 0 Å². The number of carboxylic acid groups (broad SMARTS) is 1. The molecule has 0 unspecified atom stereocenters. The van der Waals surface area contributed by atoms with Crippen molar-refractivity contribution in [2.24, 2.45) is 0 Å². The Morgan fingerprint density at radius 1 is 1.38 bits per heavy atom. The fourth-order valence-electron chi connectivity index (χ4n) is 1.03. The maximum absolute atomic E-state index is 11.1. The number of methoxy groups -OCH3 is 1. The fourth-order valence-corrected chi connectivity index (χ4v) is 1.03. The van der Waals surface area contributed by atoms with E-state index in [9.17, 15) is 14.4 Å². The highest BCUT2D eigenvalue weighted by Crippen LogP contribution is 1.99. The zero-order valence-electron chi connectivity index (χ0n) is 9.28. The molecule has 0 heterocycles. The Hall–Kier alpha value is -1.63. The molecule has 1 atom stereocenters. The number of ether oxygens (including phenoxy) is 1. The van der Waals surface area contributed by atoms with E-state index in [-0.39, 0.29) is 19.4 Å². The predicted molar refractivity (Wildman–Crippen MR) is 54.7 cm³/mol. The largest absolute Gasteiger partial charge is 0.480 e. The van der Waals surface area contributed by atoms with Crippen molar-refractivity contribution in [2.45, 2.75) is 18.9 Å². The van der Waals surface area contributed by atoms with Crippen LogP contribution in [0.2, 0.25) is 0 Å². The standard InChI is InChI=1S/C9H16N2O5/c1-10-5-7(12)11-6(9(14)15)3-4-8(13)16-2/h6,10H,3-5H2,1-2H3,(H,11,12)(H,14,15)/t6-/m1/s1. The Kier molecular flexibility index (Phi) is 6.86. The normalized spacial score (nSPS) is 11.6. The molecule has 0 saturated carbocycles. The van der Waals surface area contributed by atoms with Crippen LogP contribution in [0.25, 0.3) is 0 Å². The van der Waals surface area contributed by atoms with E-state index in [1.54, 1.807) is 7.05 Å². The lowest BCUT2D eigenvalue weighted by atomic mass is 10.1. The van der Waals surface area contributed by atoms with Crippen LogP contribution in [0.5, 0.6) is 0 Å². The minimum Gasteiger partial charge on any atom is -0.480 e. The van der Waals surface area contributed by atoms with Gasteiger partial charge in [0, 0.05) is 6.42 Å². The Labute approximate surface area is 93.2 Å². The van der Waals surface area contributed by atoms with E-state index >= 15 is 0 Å². The molecule has 0 fully saturated rings. The molecule has 0 aromatic rings. The molecule has 0 aromatic carbocycles. The zero-order valence-corrected chi connectivity index (χ0v) is 9.28. The van der Waals surface area contributed by atoms with Crippen LogP contribution in [-0.2, 0) is 19.1 Å². The van der Waals surface area contributed by atoms with Gasteiger partial charge >= 0.3 is 11.9 Å². The first-order chi connectivity index (χ1) is 7.51. The van der Waals surface area contributed by atoms with Gasteiger partial charge in [-0.15, -0.1) is 0 Å². The molecular formula is C9H16N2O5. The molecule has 0 aromatic heterocycles. The second-order valence-electron chi connectivity index (χ2n) is 3.10. The summed E-state index contributed by atoms with van der Waals surface area (Å²) in [5.74, 6) is -2.11. The van der Waals surface area contributed by atoms with Crippen molar-refractivity contribution in [3.05, 3.63) is 0 Å². The average molecular weight is 232 g/mol. The molecule has 0 spiro atoms. The van der Waals surface area contributed by atoms with Gasteiger partial charge in [0.1, 0.15) is 6.04 Å². The van der Waals surface area contributed by atoms with E-state index in [1.165, 1.54) is 7.11 Å². The fraction of sp³-hybridized carbons (Fsp3) is 0.667. The lowest BCUT2D eigenvalue weighted by Gasteiger charge is -2.13. The molecule has 0 bridgehead atoms. The van der Waals surface area contributed by atoms with Crippen molar-refractivity contribution in [1.29, 1.82) is 0 Å². The van der Waals surface area contributed by atoms with Gasteiger partial charge in [0.25, 0.3) is 0 Å². The molecule has 0 rings (SSSR count). The zero-order chi connectivity index (χ0) is 12.6. The molecule has 3 N–H and O–H groups in total. The molecule has 7 heteroatoms. The van der Waals surface area contributed by atoms with Gasteiger partial charge in [-0.25, -0.2) is 4.79 Å². The summed E-state index contributed by atoms with van der Waals surface area (Å²) >= 11 is 0. The van der Waals surface area contributed by atoms with Gasteiger partial charge in [0.15, 0.2) is 0 Å². The first-order valence-corrected chi connectivity index (χ1v) is 4.74. The lowest BCUT2D eigenvalue weighted by molar-refractivity contribution is -0.144. The number of hydrogen-bond acceptors (Lipinski definition) is 5. The lowest BCUT2D eigenvalue weighted by Crippen LogP contribution is -2.44. The molecule has 0 saturated heterocycles. The summed E-state index contributed by atoms with van der Waals surface area (Å²) in [5, 5.41) is 13.7. The SMILES string of the molecule is CNCC(=O)N[C@H](CCC(=O)OC)C(=O)O. The number of likely N-dealkylation sites (N-methyl/N-ethyl adjacent to an activating group) is 1. The van der Waals surface area contributed by atoms with Crippen LogP contribution >= 0.6 is 0 Å². The highest BCUT2D eigenvalue weighted by molar-refractivity contribution is 5.85. The summed E-state index contributed by atoms with van der Waals surface area (Å²) in [6, 6.07) is -1.07. The monoisotopic (exact) mass is 232 g/mol. The number of esters is 1. The molecule has 0 radical (unpaired) electrons. The topological polar surface area (TPSA) is 105 Å². The summed E-state index contributed by atoms with van der Waals surface area (Å²) in [5.41, 5.74) is 0. The molecule has 92 valence electrons. The van der Waals surface area contributed by atoms with E-state index in [1.807, 2.05) is 0 Å². The van der Waals surface area contributed by atoms with Crippen LogP contribution in [0.1, 0.15) is 12.8 Å². The second kappa shape index (κ2) is 7.63. The maximum Gasteiger partial charge on any atom is 0.326 e. The number of amides is 1. The number of carbonyl (C=O) groups excluding carboxylic acids is 2. The van der Waals surface area contributed by atoms with Crippen LogP contribution in [0.15, 0.2) is 0 Å². The summed E-state index contributed by atoms with van der Waals surface area (Å²) in [7, 11) is 2.79. The van der Waals surface area contributed by atoms with Gasteiger partial charge in [-0.3, -0.25) is 9.59 Å². The van der Waals surface area contributed by atoms with Crippen LogP contribution in [0.3, 0.4) is 0 Å². The summed E-state index contributed by atoms with van der Waals surface area (Å²) < 4.78 is 4.38. The van der Waals surface area contributed by atoms with Crippen molar-refractivity contribution >= 4 is 17.8 Å². The quantitative estimate of drug-likeness (QED) is 0.473. The minimum absolute atomic E-state index is 0.0114. The molecule has 0 aliphatic heterocycles. The van der Waals surface area contributed by atoms with Gasteiger partial charge in [-0.2, -0.15) is 0 Å². The molecule has 7 nitrogen and oxygen atoms in total. The van der Waals surface area contributed by atoms with Gasteiger partial charge in [0.2, 0.25) is 5.91 Å². The Morgan fingerprint density at radius 2 is 2.00 bits per heavy atom. The molecule has 1 amide bonds. The first kappa shape index (κ1) is 14.4. The number of aliphatic carboxylic acids is 1. The van der Waals surface area contributed by atoms with Gasteiger partial charge in [-0.05, 0) is 13.5 Å². The highest BCUT2D eigenvalue weighted by atomic mass is 16.5. The number of carbonyl (C=O) groups is 3. The number of hydrogen-bond donors (Lipinski definition) is 3. The third-order valence-electron chi connectivity index (χ3n) is 1.84. The first-order valence-electron chi connectivity index (χ1n) is 4.74. The predicted octanol–water partition coefficient (Wildman–Crippen LogP) is -1.27. The number of rotatable bonds is 7. The highest BCUT2D eigenvalue weighted by Gasteiger charge is 2.20.